The van der Waals surface area contributed by atoms with Crippen molar-refractivity contribution in [2.45, 2.75) is 44.6 Å². The van der Waals surface area contributed by atoms with E-state index in [2.05, 4.69) is 0 Å². The molecule has 22 heavy (non-hydrogen) atoms. The third-order valence-corrected chi connectivity index (χ3v) is 4.91. The average molecular weight is 305 g/mol. The molecule has 1 atom stereocenters. The summed E-state index contributed by atoms with van der Waals surface area (Å²) in [5.41, 5.74) is 0.800. The first-order valence-corrected chi connectivity index (χ1v) is 8.35. The van der Waals surface area contributed by atoms with Crippen molar-refractivity contribution in [3.8, 4) is 0 Å². The molecule has 0 saturated carbocycles. The van der Waals surface area contributed by atoms with Crippen molar-refractivity contribution in [1.82, 2.24) is 4.90 Å². The van der Waals surface area contributed by atoms with Gasteiger partial charge >= 0.3 is 0 Å². The monoisotopic (exact) mass is 305 g/mol. The van der Waals surface area contributed by atoms with Gasteiger partial charge in [0.25, 0.3) is 0 Å². The van der Waals surface area contributed by atoms with Crippen molar-refractivity contribution in [2.75, 3.05) is 19.7 Å². The molecule has 1 aromatic carbocycles. The second-order valence-corrected chi connectivity index (χ2v) is 6.44. The number of hydrogen-bond acceptors (Lipinski definition) is 2. The van der Waals surface area contributed by atoms with Crippen LogP contribution >= 0.6 is 0 Å². The van der Waals surface area contributed by atoms with Gasteiger partial charge in [-0.1, -0.05) is 18.2 Å². The van der Waals surface area contributed by atoms with E-state index in [1.807, 2.05) is 17.0 Å². The lowest BCUT2D eigenvalue weighted by atomic mass is 9.90. The third-order valence-electron chi connectivity index (χ3n) is 4.91. The molecular weight excluding hydrogens is 281 g/mol. The van der Waals surface area contributed by atoms with Crippen LogP contribution in [0.1, 0.15) is 37.7 Å². The molecule has 1 aromatic rings. The molecule has 0 spiro atoms. The van der Waals surface area contributed by atoms with Crippen LogP contribution in [0.25, 0.3) is 0 Å². The van der Waals surface area contributed by atoms with Crippen LogP contribution < -0.4 is 0 Å². The lowest BCUT2D eigenvalue weighted by Crippen LogP contribution is -2.39. The number of benzene rings is 1. The van der Waals surface area contributed by atoms with Gasteiger partial charge in [0.1, 0.15) is 5.82 Å². The highest BCUT2D eigenvalue weighted by molar-refractivity contribution is 5.76. The Morgan fingerprint density at radius 3 is 2.59 bits per heavy atom. The molecule has 3 rings (SSSR count). The lowest BCUT2D eigenvalue weighted by molar-refractivity contribution is -0.134. The molecule has 2 heterocycles. The van der Waals surface area contributed by atoms with Crippen molar-refractivity contribution in [2.24, 2.45) is 5.92 Å². The highest BCUT2D eigenvalue weighted by Gasteiger charge is 2.25. The number of carbonyl (C=O) groups is 1. The van der Waals surface area contributed by atoms with Gasteiger partial charge in [-0.05, 0) is 49.7 Å². The Morgan fingerprint density at radius 2 is 1.95 bits per heavy atom. The fourth-order valence-corrected chi connectivity index (χ4v) is 3.32. The van der Waals surface area contributed by atoms with Gasteiger partial charge in [0.15, 0.2) is 0 Å². The molecule has 2 fully saturated rings. The summed E-state index contributed by atoms with van der Waals surface area (Å²) in [6, 6.07) is 7.01. The van der Waals surface area contributed by atoms with E-state index >= 15 is 0 Å². The molecule has 3 nitrogen and oxygen atoms in total. The summed E-state index contributed by atoms with van der Waals surface area (Å²) in [5.74, 6) is 0.622. The zero-order chi connectivity index (χ0) is 15.4. The number of piperidine rings is 1. The molecule has 0 aromatic heterocycles. The summed E-state index contributed by atoms with van der Waals surface area (Å²) < 4.78 is 19.0. The lowest BCUT2D eigenvalue weighted by Gasteiger charge is -2.33. The predicted octanol–water partition coefficient (Wildman–Crippen LogP) is 3.18. The van der Waals surface area contributed by atoms with E-state index in [1.54, 1.807) is 6.07 Å². The van der Waals surface area contributed by atoms with Crippen molar-refractivity contribution >= 4 is 5.91 Å². The van der Waals surface area contributed by atoms with Gasteiger partial charge in [-0.15, -0.1) is 0 Å². The number of ether oxygens (including phenoxy) is 1. The zero-order valence-electron chi connectivity index (χ0n) is 13.0. The van der Waals surface area contributed by atoms with Gasteiger partial charge in [0, 0.05) is 26.1 Å². The molecule has 2 aliphatic heterocycles. The predicted molar refractivity (Wildman–Crippen MR) is 83.0 cm³/mol. The SMILES string of the molecule is O=C(CCC1CCO1)N1CCC(Cc2ccccc2F)CC1. The van der Waals surface area contributed by atoms with Gasteiger partial charge < -0.3 is 9.64 Å². The summed E-state index contributed by atoms with van der Waals surface area (Å²) in [5, 5.41) is 0. The largest absolute Gasteiger partial charge is 0.378 e. The van der Waals surface area contributed by atoms with Gasteiger partial charge in [-0.25, -0.2) is 4.39 Å². The van der Waals surface area contributed by atoms with Gasteiger partial charge in [0.2, 0.25) is 5.91 Å². The molecule has 0 bridgehead atoms. The molecule has 120 valence electrons. The summed E-state index contributed by atoms with van der Waals surface area (Å²) in [4.78, 5) is 14.1. The summed E-state index contributed by atoms with van der Waals surface area (Å²) in [6.45, 7) is 2.47. The Hall–Kier alpha value is -1.42. The Bertz CT molecular complexity index is 508. The second-order valence-electron chi connectivity index (χ2n) is 6.44. The number of rotatable bonds is 5. The van der Waals surface area contributed by atoms with E-state index in [9.17, 15) is 9.18 Å². The maximum Gasteiger partial charge on any atom is 0.222 e. The topological polar surface area (TPSA) is 29.5 Å². The molecule has 0 N–H and O–H groups in total. The van der Waals surface area contributed by atoms with Crippen molar-refractivity contribution in [3.63, 3.8) is 0 Å². The number of amides is 1. The Labute approximate surface area is 131 Å². The summed E-state index contributed by atoms with van der Waals surface area (Å²) >= 11 is 0. The third kappa shape index (κ3) is 3.86. The minimum atomic E-state index is -0.110. The maximum atomic E-state index is 13.7. The quantitative estimate of drug-likeness (QED) is 0.836. The van der Waals surface area contributed by atoms with Gasteiger partial charge in [-0.2, -0.15) is 0 Å². The molecular formula is C18H24FNO2. The fraction of sp³-hybridized carbons (Fsp3) is 0.611. The Morgan fingerprint density at radius 1 is 1.23 bits per heavy atom. The molecule has 0 aliphatic carbocycles. The fourth-order valence-electron chi connectivity index (χ4n) is 3.32. The first kappa shape index (κ1) is 15.5. The van der Waals surface area contributed by atoms with Gasteiger partial charge in [0.05, 0.1) is 6.10 Å². The first-order chi connectivity index (χ1) is 10.7. The minimum absolute atomic E-state index is 0.110. The number of nitrogens with zero attached hydrogens (tertiary/aromatic N) is 1. The van der Waals surface area contributed by atoms with Crippen molar-refractivity contribution < 1.29 is 13.9 Å². The second kappa shape index (κ2) is 7.23. The van der Waals surface area contributed by atoms with Crippen LogP contribution in [0.15, 0.2) is 24.3 Å². The van der Waals surface area contributed by atoms with Crippen LogP contribution in [0, 0.1) is 11.7 Å². The van der Waals surface area contributed by atoms with Crippen LogP contribution in [-0.4, -0.2) is 36.6 Å². The highest BCUT2D eigenvalue weighted by Crippen LogP contribution is 2.24. The Kier molecular flexibility index (Phi) is 5.08. The van der Waals surface area contributed by atoms with E-state index in [0.717, 1.165) is 57.4 Å². The molecule has 0 radical (unpaired) electrons. The van der Waals surface area contributed by atoms with E-state index in [1.165, 1.54) is 6.07 Å². The molecule has 4 heteroatoms. The number of likely N-dealkylation sites (tertiary alicyclic amines) is 1. The zero-order valence-corrected chi connectivity index (χ0v) is 13.0. The van der Waals surface area contributed by atoms with Crippen molar-refractivity contribution in [1.29, 1.82) is 0 Å². The average Bonchev–Trinajstić information content (AvgIpc) is 2.49. The van der Waals surface area contributed by atoms with Crippen LogP contribution in [0.5, 0.6) is 0 Å². The Balaban J connectivity index is 1.41. The standard InChI is InChI=1S/C18H24FNO2/c19-17-4-2-1-3-15(17)13-14-7-10-20(11-8-14)18(21)6-5-16-9-12-22-16/h1-4,14,16H,5-13H2. The van der Waals surface area contributed by atoms with E-state index in [4.69, 9.17) is 4.74 Å². The number of halogens is 1. The van der Waals surface area contributed by atoms with E-state index < -0.39 is 0 Å². The smallest absolute Gasteiger partial charge is 0.222 e. The van der Waals surface area contributed by atoms with E-state index in [0.29, 0.717) is 18.4 Å². The van der Waals surface area contributed by atoms with Gasteiger partial charge in [-0.3, -0.25) is 4.79 Å². The van der Waals surface area contributed by atoms with Crippen LogP contribution in [0.2, 0.25) is 0 Å². The van der Waals surface area contributed by atoms with E-state index in [-0.39, 0.29) is 11.7 Å². The number of carbonyl (C=O) groups excluding carboxylic acids is 1. The number of hydrogen-bond donors (Lipinski definition) is 0. The van der Waals surface area contributed by atoms with Crippen LogP contribution in [0.4, 0.5) is 4.39 Å². The summed E-state index contributed by atoms with van der Waals surface area (Å²) in [6.07, 6.45) is 5.58. The van der Waals surface area contributed by atoms with Crippen molar-refractivity contribution in [3.05, 3.63) is 35.6 Å². The first-order valence-electron chi connectivity index (χ1n) is 8.35. The highest BCUT2D eigenvalue weighted by atomic mass is 19.1. The molecule has 1 unspecified atom stereocenters. The molecule has 2 aliphatic rings. The molecule has 1 amide bonds. The van der Waals surface area contributed by atoms with Crippen LogP contribution in [0.3, 0.4) is 0 Å². The summed E-state index contributed by atoms with van der Waals surface area (Å²) in [7, 11) is 0. The normalized spacial score (nSPS) is 22.4. The minimum Gasteiger partial charge on any atom is -0.378 e. The molecule has 2 saturated heterocycles. The van der Waals surface area contributed by atoms with Crippen LogP contribution in [-0.2, 0) is 16.0 Å². The maximum absolute atomic E-state index is 13.7.